The average molecular weight is 305 g/mol. The lowest BCUT2D eigenvalue weighted by Gasteiger charge is -2.25. The Morgan fingerprint density at radius 2 is 1.45 bits per heavy atom. The predicted molar refractivity (Wildman–Crippen MR) is 59.0 cm³/mol. The van der Waals surface area contributed by atoms with Gasteiger partial charge < -0.3 is 10.1 Å². The summed E-state index contributed by atoms with van der Waals surface area (Å²) in [6, 6.07) is -1.59. The molecule has 1 amide bonds. The van der Waals surface area contributed by atoms with Crippen molar-refractivity contribution in [3.8, 4) is 0 Å². The van der Waals surface area contributed by atoms with Crippen molar-refractivity contribution in [3.05, 3.63) is 0 Å². The Bertz CT molecular complexity index is 366. The second-order valence-corrected chi connectivity index (χ2v) is 4.75. The zero-order chi connectivity index (χ0) is 16.3. The van der Waals surface area contributed by atoms with Crippen molar-refractivity contribution >= 4 is 11.9 Å². The minimum Gasteiger partial charge on any atom is -0.461 e. The van der Waals surface area contributed by atoms with E-state index in [1.54, 1.807) is 0 Å². The summed E-state index contributed by atoms with van der Waals surface area (Å²) < 4.78 is 66.3. The number of hydrogen-bond acceptors (Lipinski definition) is 3. The van der Waals surface area contributed by atoms with Crippen LogP contribution in [0.5, 0.6) is 0 Å². The highest BCUT2D eigenvalue weighted by Crippen LogP contribution is 2.35. The third kappa shape index (κ3) is 4.61. The Balaban J connectivity index is 5.03. The van der Waals surface area contributed by atoms with Crippen molar-refractivity contribution in [1.82, 2.24) is 5.32 Å². The molecule has 118 valence electrons. The Morgan fingerprint density at radius 1 is 1.00 bits per heavy atom. The van der Waals surface area contributed by atoms with Crippen molar-refractivity contribution in [2.24, 2.45) is 5.92 Å². The number of halogens is 5. The molecule has 0 aromatic heterocycles. The van der Waals surface area contributed by atoms with E-state index in [9.17, 15) is 31.5 Å². The third-order valence-corrected chi connectivity index (χ3v) is 2.20. The smallest absolute Gasteiger partial charge is 0.461 e. The number of esters is 1. The molecule has 4 nitrogen and oxygen atoms in total. The lowest BCUT2D eigenvalue weighted by molar-refractivity contribution is -0.270. The molecule has 0 spiro atoms. The van der Waals surface area contributed by atoms with Crippen LogP contribution in [0.25, 0.3) is 0 Å². The van der Waals surface area contributed by atoms with Gasteiger partial charge in [-0.2, -0.15) is 22.0 Å². The van der Waals surface area contributed by atoms with Gasteiger partial charge in [0.25, 0.3) is 0 Å². The molecule has 1 unspecified atom stereocenters. The Kier molecular flexibility index (Phi) is 5.91. The van der Waals surface area contributed by atoms with Crippen LogP contribution in [0.3, 0.4) is 0 Å². The van der Waals surface area contributed by atoms with E-state index in [0.29, 0.717) is 0 Å². The number of carbonyl (C=O) groups excluding carboxylic acids is 2. The molecule has 0 heterocycles. The lowest BCUT2D eigenvalue weighted by atomic mass is 10.0. The number of amides is 1. The topological polar surface area (TPSA) is 55.4 Å². The third-order valence-electron chi connectivity index (χ3n) is 2.20. The summed E-state index contributed by atoms with van der Waals surface area (Å²) in [5, 5.41) is 1.38. The van der Waals surface area contributed by atoms with E-state index >= 15 is 0 Å². The maximum Gasteiger partial charge on any atom is 0.463 e. The molecule has 20 heavy (non-hydrogen) atoms. The normalized spacial score (nSPS) is 14.3. The van der Waals surface area contributed by atoms with Gasteiger partial charge in [0.15, 0.2) is 0 Å². The minimum absolute atomic E-state index is 0.594. The van der Waals surface area contributed by atoms with Crippen LogP contribution in [0.1, 0.15) is 27.7 Å². The quantitative estimate of drug-likeness (QED) is 0.626. The Hall–Kier alpha value is -1.41. The van der Waals surface area contributed by atoms with Crippen LogP contribution in [0.2, 0.25) is 0 Å². The van der Waals surface area contributed by atoms with E-state index in [1.165, 1.54) is 33.0 Å². The molecule has 1 atom stereocenters. The van der Waals surface area contributed by atoms with Gasteiger partial charge >= 0.3 is 24.0 Å². The minimum atomic E-state index is -6.03. The van der Waals surface area contributed by atoms with E-state index in [-0.39, 0.29) is 0 Å². The SMILES string of the molecule is CC(C)OC(=O)C(NC(=O)C(F)(F)C(F)(F)F)C(C)C. The number of ether oxygens (including phenoxy) is 1. The summed E-state index contributed by atoms with van der Waals surface area (Å²) in [6.45, 7) is 5.69. The summed E-state index contributed by atoms with van der Waals surface area (Å²) in [7, 11) is 0. The number of nitrogens with one attached hydrogen (secondary N) is 1. The molecule has 0 aromatic carbocycles. The standard InChI is InChI=1S/C11H16F5NO3/c1-5(2)7(8(18)20-6(3)4)17-9(19)10(12,13)11(14,15)16/h5-7H,1-4H3,(H,17,19). The second-order valence-electron chi connectivity index (χ2n) is 4.75. The van der Waals surface area contributed by atoms with Gasteiger partial charge in [0.05, 0.1) is 6.10 Å². The van der Waals surface area contributed by atoms with Crippen molar-refractivity contribution < 1.29 is 36.3 Å². The summed E-state index contributed by atoms with van der Waals surface area (Å²) in [6.07, 6.45) is -6.62. The van der Waals surface area contributed by atoms with E-state index in [4.69, 9.17) is 4.74 Å². The Labute approximate surface area is 112 Å². The monoisotopic (exact) mass is 305 g/mol. The number of alkyl halides is 5. The molecule has 0 saturated heterocycles. The first-order chi connectivity index (χ1) is 8.80. The molecule has 0 aliphatic heterocycles. The summed E-state index contributed by atoms with van der Waals surface area (Å²) >= 11 is 0. The summed E-state index contributed by atoms with van der Waals surface area (Å²) in [4.78, 5) is 22.6. The van der Waals surface area contributed by atoms with Crippen molar-refractivity contribution in [3.63, 3.8) is 0 Å². The van der Waals surface area contributed by atoms with E-state index < -0.39 is 42.0 Å². The average Bonchev–Trinajstić information content (AvgIpc) is 2.21. The lowest BCUT2D eigenvalue weighted by Crippen LogP contribution is -2.56. The molecule has 0 aliphatic carbocycles. The number of rotatable bonds is 5. The summed E-state index contributed by atoms with van der Waals surface area (Å²) in [5.74, 6) is -9.93. The first-order valence-corrected chi connectivity index (χ1v) is 5.76. The van der Waals surface area contributed by atoms with Gasteiger partial charge in [0.2, 0.25) is 0 Å². The van der Waals surface area contributed by atoms with Gasteiger partial charge in [0, 0.05) is 0 Å². The molecule has 0 saturated carbocycles. The molecule has 0 aliphatic rings. The highest BCUT2D eigenvalue weighted by Gasteiger charge is 2.63. The zero-order valence-electron chi connectivity index (χ0n) is 11.3. The van der Waals surface area contributed by atoms with Crippen LogP contribution in [0, 0.1) is 5.92 Å². The van der Waals surface area contributed by atoms with Crippen LogP contribution in [0.4, 0.5) is 22.0 Å². The van der Waals surface area contributed by atoms with Gasteiger partial charge in [-0.3, -0.25) is 4.79 Å². The maximum absolute atomic E-state index is 12.8. The highest BCUT2D eigenvalue weighted by molar-refractivity contribution is 5.89. The molecule has 0 aromatic rings. The second kappa shape index (κ2) is 6.36. The molecule has 0 radical (unpaired) electrons. The van der Waals surface area contributed by atoms with Crippen LogP contribution in [-0.2, 0) is 14.3 Å². The first kappa shape index (κ1) is 18.6. The largest absolute Gasteiger partial charge is 0.463 e. The molecule has 0 rings (SSSR count). The number of hydrogen-bond donors (Lipinski definition) is 1. The van der Waals surface area contributed by atoms with Crippen molar-refractivity contribution in [1.29, 1.82) is 0 Å². The van der Waals surface area contributed by atoms with Gasteiger partial charge in [-0.25, -0.2) is 4.79 Å². The van der Waals surface area contributed by atoms with Gasteiger partial charge in [0.1, 0.15) is 6.04 Å². The Morgan fingerprint density at radius 3 is 1.75 bits per heavy atom. The van der Waals surface area contributed by atoms with Crippen LogP contribution in [-0.4, -0.2) is 36.1 Å². The van der Waals surface area contributed by atoms with E-state index in [2.05, 4.69) is 0 Å². The van der Waals surface area contributed by atoms with E-state index in [1.807, 2.05) is 0 Å². The molecular weight excluding hydrogens is 289 g/mol. The summed E-state index contributed by atoms with van der Waals surface area (Å²) in [5.41, 5.74) is 0. The zero-order valence-corrected chi connectivity index (χ0v) is 11.3. The van der Waals surface area contributed by atoms with Crippen molar-refractivity contribution in [2.45, 2.75) is 51.9 Å². The van der Waals surface area contributed by atoms with Gasteiger partial charge in [-0.05, 0) is 19.8 Å². The molecule has 0 fully saturated rings. The predicted octanol–water partition coefficient (Wildman–Crippen LogP) is 2.28. The van der Waals surface area contributed by atoms with Crippen LogP contribution >= 0.6 is 0 Å². The first-order valence-electron chi connectivity index (χ1n) is 5.76. The molecule has 1 N–H and O–H groups in total. The number of carbonyl (C=O) groups is 2. The van der Waals surface area contributed by atoms with E-state index in [0.717, 1.165) is 0 Å². The fraction of sp³-hybridized carbons (Fsp3) is 0.818. The molecule has 9 heteroatoms. The van der Waals surface area contributed by atoms with Gasteiger partial charge in [-0.15, -0.1) is 0 Å². The molecular formula is C11H16F5NO3. The highest BCUT2D eigenvalue weighted by atomic mass is 19.4. The fourth-order valence-corrected chi connectivity index (χ4v) is 1.16. The molecule has 0 bridgehead atoms. The van der Waals surface area contributed by atoms with Gasteiger partial charge in [-0.1, -0.05) is 13.8 Å². The van der Waals surface area contributed by atoms with Crippen molar-refractivity contribution in [2.75, 3.05) is 0 Å². The van der Waals surface area contributed by atoms with Crippen LogP contribution < -0.4 is 5.32 Å². The maximum atomic E-state index is 12.8. The fourth-order valence-electron chi connectivity index (χ4n) is 1.16. The van der Waals surface area contributed by atoms with Crippen LogP contribution in [0.15, 0.2) is 0 Å².